The van der Waals surface area contributed by atoms with Crippen LogP contribution in [0, 0.1) is 5.92 Å². The molecule has 0 amide bonds. The lowest BCUT2D eigenvalue weighted by atomic mass is 9.97. The van der Waals surface area contributed by atoms with Crippen molar-refractivity contribution in [2.45, 2.75) is 64.7 Å². The molecule has 1 rings (SSSR count). The zero-order valence-corrected chi connectivity index (χ0v) is 12.3. The molecular formula is C14H27F3N2. The van der Waals surface area contributed by atoms with Crippen LogP contribution in [0.3, 0.4) is 0 Å². The molecule has 2 unspecified atom stereocenters. The summed E-state index contributed by atoms with van der Waals surface area (Å²) in [6, 6.07) is 0.798. The van der Waals surface area contributed by atoms with Crippen molar-refractivity contribution in [2.75, 3.05) is 19.6 Å². The average Bonchev–Trinajstić information content (AvgIpc) is 2.29. The maximum absolute atomic E-state index is 12.2. The first-order chi connectivity index (χ1) is 8.83. The summed E-state index contributed by atoms with van der Waals surface area (Å²) in [6.07, 6.45) is -2.33. The number of alkyl halides is 3. The van der Waals surface area contributed by atoms with Crippen LogP contribution in [0.25, 0.3) is 0 Å². The van der Waals surface area contributed by atoms with E-state index in [-0.39, 0.29) is 6.42 Å². The Hall–Kier alpha value is -0.290. The molecule has 0 bridgehead atoms. The van der Waals surface area contributed by atoms with E-state index in [2.05, 4.69) is 31.0 Å². The first kappa shape index (κ1) is 16.8. The van der Waals surface area contributed by atoms with Crippen LogP contribution in [0.1, 0.15) is 46.5 Å². The van der Waals surface area contributed by atoms with E-state index in [1.54, 1.807) is 0 Å². The molecule has 0 aromatic carbocycles. The molecule has 1 heterocycles. The first-order valence-electron chi connectivity index (χ1n) is 7.37. The van der Waals surface area contributed by atoms with Gasteiger partial charge in [0.15, 0.2) is 0 Å². The number of piperazine rings is 1. The Bertz CT molecular complexity index is 254. The molecule has 1 aliphatic rings. The number of rotatable bonds is 6. The average molecular weight is 280 g/mol. The highest BCUT2D eigenvalue weighted by atomic mass is 19.4. The van der Waals surface area contributed by atoms with Crippen molar-refractivity contribution in [3.8, 4) is 0 Å². The highest BCUT2D eigenvalue weighted by Gasteiger charge is 2.30. The molecule has 0 aromatic heterocycles. The van der Waals surface area contributed by atoms with Crippen molar-refractivity contribution in [2.24, 2.45) is 5.92 Å². The molecule has 1 saturated heterocycles. The van der Waals surface area contributed by atoms with Gasteiger partial charge in [-0.05, 0) is 25.3 Å². The van der Waals surface area contributed by atoms with Gasteiger partial charge in [-0.25, -0.2) is 0 Å². The van der Waals surface area contributed by atoms with E-state index in [0.29, 0.717) is 24.5 Å². The maximum Gasteiger partial charge on any atom is 0.389 e. The Morgan fingerprint density at radius 2 is 2.00 bits per heavy atom. The fourth-order valence-electron chi connectivity index (χ4n) is 2.70. The Kier molecular flexibility index (Phi) is 6.60. The standard InChI is InChI=1S/C14H27F3N2/c1-4-6-12-9-18-13(11(2)3)10-19(12)8-5-7-14(15,16)17/h11-13,18H,4-10H2,1-3H3. The summed E-state index contributed by atoms with van der Waals surface area (Å²) in [5, 5.41) is 3.53. The van der Waals surface area contributed by atoms with E-state index in [4.69, 9.17) is 0 Å². The predicted molar refractivity (Wildman–Crippen MR) is 72.2 cm³/mol. The number of nitrogens with zero attached hydrogens (tertiary/aromatic N) is 1. The lowest BCUT2D eigenvalue weighted by Crippen LogP contribution is -2.58. The first-order valence-corrected chi connectivity index (χ1v) is 7.37. The lowest BCUT2D eigenvalue weighted by Gasteiger charge is -2.42. The second-order valence-electron chi connectivity index (χ2n) is 5.91. The number of halogens is 3. The van der Waals surface area contributed by atoms with Gasteiger partial charge >= 0.3 is 6.18 Å². The van der Waals surface area contributed by atoms with Gasteiger partial charge in [-0.1, -0.05) is 27.2 Å². The van der Waals surface area contributed by atoms with Gasteiger partial charge in [-0.3, -0.25) is 4.90 Å². The number of hydrogen-bond acceptors (Lipinski definition) is 2. The normalized spacial score (nSPS) is 26.1. The Labute approximate surface area is 114 Å². The third-order valence-corrected chi connectivity index (χ3v) is 3.90. The van der Waals surface area contributed by atoms with Crippen molar-refractivity contribution >= 4 is 0 Å². The molecule has 0 saturated carbocycles. The van der Waals surface area contributed by atoms with Crippen LogP contribution in [-0.2, 0) is 0 Å². The van der Waals surface area contributed by atoms with E-state index in [0.717, 1.165) is 25.9 Å². The largest absolute Gasteiger partial charge is 0.389 e. The topological polar surface area (TPSA) is 15.3 Å². The van der Waals surface area contributed by atoms with Gasteiger partial charge in [-0.2, -0.15) is 13.2 Å². The van der Waals surface area contributed by atoms with Crippen LogP contribution in [0.5, 0.6) is 0 Å². The molecular weight excluding hydrogens is 253 g/mol. The Morgan fingerprint density at radius 1 is 1.32 bits per heavy atom. The van der Waals surface area contributed by atoms with Crippen LogP contribution in [0.15, 0.2) is 0 Å². The van der Waals surface area contributed by atoms with Gasteiger partial charge in [0.25, 0.3) is 0 Å². The molecule has 1 aliphatic heterocycles. The third kappa shape index (κ3) is 6.13. The van der Waals surface area contributed by atoms with Gasteiger partial charge in [0, 0.05) is 31.6 Å². The van der Waals surface area contributed by atoms with E-state index < -0.39 is 12.6 Å². The molecule has 19 heavy (non-hydrogen) atoms. The smallest absolute Gasteiger partial charge is 0.311 e. The highest BCUT2D eigenvalue weighted by Crippen LogP contribution is 2.23. The summed E-state index contributed by atoms with van der Waals surface area (Å²) in [7, 11) is 0. The molecule has 5 heteroatoms. The van der Waals surface area contributed by atoms with Crippen molar-refractivity contribution in [1.82, 2.24) is 10.2 Å². The van der Waals surface area contributed by atoms with Gasteiger partial charge in [-0.15, -0.1) is 0 Å². The SMILES string of the molecule is CCCC1CNC(C(C)C)CN1CCCC(F)(F)F. The second kappa shape index (κ2) is 7.48. The van der Waals surface area contributed by atoms with Crippen molar-refractivity contribution < 1.29 is 13.2 Å². The summed E-state index contributed by atoms with van der Waals surface area (Å²) in [6.45, 7) is 8.79. The molecule has 0 spiro atoms. The third-order valence-electron chi connectivity index (χ3n) is 3.90. The van der Waals surface area contributed by atoms with Crippen molar-refractivity contribution in [1.29, 1.82) is 0 Å². The van der Waals surface area contributed by atoms with Crippen molar-refractivity contribution in [3.05, 3.63) is 0 Å². The number of nitrogens with one attached hydrogen (secondary N) is 1. The summed E-state index contributed by atoms with van der Waals surface area (Å²) in [5.41, 5.74) is 0. The minimum absolute atomic E-state index is 0.217. The molecule has 114 valence electrons. The quantitative estimate of drug-likeness (QED) is 0.802. The van der Waals surface area contributed by atoms with Gasteiger partial charge in [0.05, 0.1) is 0 Å². The second-order valence-corrected chi connectivity index (χ2v) is 5.91. The van der Waals surface area contributed by atoms with E-state index in [9.17, 15) is 13.2 Å². The zero-order chi connectivity index (χ0) is 14.5. The predicted octanol–water partition coefficient (Wildman–Crippen LogP) is 3.43. The van der Waals surface area contributed by atoms with Gasteiger partial charge < -0.3 is 5.32 Å². The van der Waals surface area contributed by atoms with Gasteiger partial charge in [0.1, 0.15) is 0 Å². The van der Waals surface area contributed by atoms with Crippen molar-refractivity contribution in [3.63, 3.8) is 0 Å². The fourth-order valence-corrected chi connectivity index (χ4v) is 2.70. The molecule has 2 nitrogen and oxygen atoms in total. The van der Waals surface area contributed by atoms with Crippen LogP contribution in [-0.4, -0.2) is 42.8 Å². The highest BCUT2D eigenvalue weighted by molar-refractivity contribution is 4.87. The molecule has 2 atom stereocenters. The van der Waals surface area contributed by atoms with E-state index in [1.165, 1.54) is 0 Å². The Morgan fingerprint density at radius 3 is 2.53 bits per heavy atom. The van der Waals surface area contributed by atoms with Crippen LogP contribution < -0.4 is 5.32 Å². The molecule has 1 N–H and O–H groups in total. The zero-order valence-electron chi connectivity index (χ0n) is 12.3. The number of hydrogen-bond donors (Lipinski definition) is 1. The van der Waals surface area contributed by atoms with Crippen LogP contribution >= 0.6 is 0 Å². The van der Waals surface area contributed by atoms with Crippen LogP contribution in [0.4, 0.5) is 13.2 Å². The minimum atomic E-state index is -4.02. The fraction of sp³-hybridized carbons (Fsp3) is 1.00. The summed E-state index contributed by atoms with van der Waals surface area (Å²) in [4.78, 5) is 2.26. The lowest BCUT2D eigenvalue weighted by molar-refractivity contribution is -0.136. The van der Waals surface area contributed by atoms with Crippen LogP contribution in [0.2, 0.25) is 0 Å². The molecule has 0 radical (unpaired) electrons. The minimum Gasteiger partial charge on any atom is -0.311 e. The van der Waals surface area contributed by atoms with E-state index in [1.807, 2.05) is 0 Å². The molecule has 0 aliphatic carbocycles. The maximum atomic E-state index is 12.2. The summed E-state index contributed by atoms with van der Waals surface area (Å²) < 4.78 is 36.7. The monoisotopic (exact) mass is 280 g/mol. The summed E-state index contributed by atoms with van der Waals surface area (Å²) in [5.74, 6) is 0.521. The van der Waals surface area contributed by atoms with E-state index >= 15 is 0 Å². The van der Waals surface area contributed by atoms with Gasteiger partial charge in [0.2, 0.25) is 0 Å². The summed E-state index contributed by atoms with van der Waals surface area (Å²) >= 11 is 0. The molecule has 0 aromatic rings. The molecule has 1 fully saturated rings. The Balaban J connectivity index is 2.47.